The Labute approximate surface area is 122 Å². The summed E-state index contributed by atoms with van der Waals surface area (Å²) in [4.78, 5) is 19.5. The van der Waals surface area contributed by atoms with E-state index < -0.39 is 5.97 Å². The zero-order valence-corrected chi connectivity index (χ0v) is 10.7. The molecule has 1 saturated heterocycles. The van der Waals surface area contributed by atoms with Gasteiger partial charge in [0.05, 0.1) is 0 Å². The Balaban J connectivity index is 0.00000133. The number of rotatable bonds is 2. The van der Waals surface area contributed by atoms with Gasteiger partial charge in [0.15, 0.2) is 11.5 Å². The first-order valence-corrected chi connectivity index (χ1v) is 5.89. The molecular weight excluding hydrogens is 241 g/mol. The van der Waals surface area contributed by atoms with E-state index in [1.54, 1.807) is 22.9 Å². The van der Waals surface area contributed by atoms with Crippen LogP contribution < -0.4 is 24.0 Å². The van der Waals surface area contributed by atoms with Crippen LogP contribution in [0.15, 0.2) is 18.3 Å². The minimum atomic E-state index is -1.26. The zero-order chi connectivity index (χ0) is 12.5. The van der Waals surface area contributed by atoms with Crippen molar-refractivity contribution in [2.75, 3.05) is 13.2 Å². The fraction of sp³-hybridized carbons (Fsp3) is 0.417. The molecule has 0 N–H and O–H groups in total. The molecule has 2 aromatic rings. The van der Waals surface area contributed by atoms with E-state index in [0.717, 1.165) is 12.8 Å². The molecule has 94 valence electrons. The van der Waals surface area contributed by atoms with Gasteiger partial charge in [-0.3, -0.25) is 0 Å². The number of carbonyl (C=O) groups is 1. The molecule has 0 aromatic carbocycles. The van der Waals surface area contributed by atoms with Crippen molar-refractivity contribution in [1.82, 2.24) is 14.5 Å². The first-order valence-electron chi connectivity index (χ1n) is 5.89. The Bertz CT molecular complexity index is 593. The standard InChI is InChI=1S/C12H13N3O3.Li/c16-12(17)11-14-9-2-1-5-13-10(9)15(11)8-3-6-18-7-4-8;/h1-2,5,8H,3-4,6-7H2,(H,16,17);/q;+1/p-1. The first kappa shape index (κ1) is 14.1. The molecular formula is C12H12LiN3O3. The average molecular weight is 253 g/mol. The molecule has 0 bridgehead atoms. The Morgan fingerprint density at radius 1 is 1.42 bits per heavy atom. The number of hydrogen-bond acceptors (Lipinski definition) is 5. The molecule has 0 spiro atoms. The molecule has 1 aliphatic heterocycles. The molecule has 0 aliphatic carbocycles. The smallest absolute Gasteiger partial charge is 0.542 e. The number of ether oxygens (including phenoxy) is 1. The van der Waals surface area contributed by atoms with Crippen LogP contribution in [-0.4, -0.2) is 33.7 Å². The molecule has 0 radical (unpaired) electrons. The van der Waals surface area contributed by atoms with Crippen molar-refractivity contribution in [3.05, 3.63) is 24.2 Å². The number of pyridine rings is 1. The van der Waals surface area contributed by atoms with Gasteiger partial charge < -0.3 is 19.2 Å². The van der Waals surface area contributed by atoms with Crippen LogP contribution in [-0.2, 0) is 4.74 Å². The van der Waals surface area contributed by atoms with E-state index in [-0.39, 0.29) is 30.7 Å². The number of nitrogens with zero attached hydrogens (tertiary/aromatic N) is 3. The number of carboxylic acid groups (broad SMARTS) is 1. The minimum absolute atomic E-state index is 0. The summed E-state index contributed by atoms with van der Waals surface area (Å²) in [5, 5.41) is 11.2. The summed E-state index contributed by atoms with van der Waals surface area (Å²) in [6.07, 6.45) is 3.17. The van der Waals surface area contributed by atoms with Crippen LogP contribution in [0, 0.1) is 0 Å². The molecule has 7 heteroatoms. The maximum atomic E-state index is 11.2. The van der Waals surface area contributed by atoms with Gasteiger partial charge in [0.1, 0.15) is 11.5 Å². The molecule has 0 atom stereocenters. The monoisotopic (exact) mass is 253 g/mol. The van der Waals surface area contributed by atoms with Crippen LogP contribution >= 0.6 is 0 Å². The topological polar surface area (TPSA) is 80.1 Å². The van der Waals surface area contributed by atoms with Crippen molar-refractivity contribution in [3.8, 4) is 0 Å². The Morgan fingerprint density at radius 3 is 2.84 bits per heavy atom. The van der Waals surface area contributed by atoms with Crippen molar-refractivity contribution in [3.63, 3.8) is 0 Å². The van der Waals surface area contributed by atoms with E-state index in [1.165, 1.54) is 0 Å². The third-order valence-electron chi connectivity index (χ3n) is 3.19. The number of carbonyl (C=O) groups excluding carboxylic acids is 1. The second-order valence-electron chi connectivity index (χ2n) is 4.28. The zero-order valence-electron chi connectivity index (χ0n) is 10.7. The predicted octanol–water partition coefficient (Wildman–Crippen LogP) is -2.85. The van der Waals surface area contributed by atoms with E-state index in [1.807, 2.05) is 0 Å². The summed E-state index contributed by atoms with van der Waals surface area (Å²) in [6.45, 7) is 1.26. The number of carboxylic acids is 1. The van der Waals surface area contributed by atoms with Crippen molar-refractivity contribution in [2.45, 2.75) is 18.9 Å². The SMILES string of the molecule is O=C([O-])c1nc2cccnc2n1C1CCOCC1.[Li+]. The normalized spacial score (nSPS) is 16.2. The molecule has 3 heterocycles. The van der Waals surface area contributed by atoms with E-state index in [0.29, 0.717) is 24.4 Å². The molecule has 3 rings (SSSR count). The van der Waals surface area contributed by atoms with Crippen LogP contribution in [0.3, 0.4) is 0 Å². The summed E-state index contributed by atoms with van der Waals surface area (Å²) in [7, 11) is 0. The van der Waals surface area contributed by atoms with E-state index >= 15 is 0 Å². The minimum Gasteiger partial charge on any atom is -0.542 e. The van der Waals surface area contributed by atoms with Crippen molar-refractivity contribution in [1.29, 1.82) is 0 Å². The molecule has 0 saturated carbocycles. The predicted molar refractivity (Wildman–Crippen MR) is 60.9 cm³/mol. The quantitative estimate of drug-likeness (QED) is 0.538. The van der Waals surface area contributed by atoms with E-state index in [2.05, 4.69) is 9.97 Å². The van der Waals surface area contributed by atoms with Gasteiger partial charge in [0.25, 0.3) is 0 Å². The largest absolute Gasteiger partial charge is 1.00 e. The maximum Gasteiger partial charge on any atom is 1.00 e. The summed E-state index contributed by atoms with van der Waals surface area (Å²) in [5.74, 6) is -1.31. The third-order valence-corrected chi connectivity index (χ3v) is 3.19. The van der Waals surface area contributed by atoms with E-state index in [4.69, 9.17) is 4.74 Å². The molecule has 6 nitrogen and oxygen atoms in total. The second-order valence-corrected chi connectivity index (χ2v) is 4.28. The molecule has 2 aromatic heterocycles. The summed E-state index contributed by atoms with van der Waals surface area (Å²) in [6, 6.07) is 3.55. The Morgan fingerprint density at radius 2 is 2.16 bits per heavy atom. The van der Waals surface area contributed by atoms with Crippen LogP contribution in [0.1, 0.15) is 29.5 Å². The second kappa shape index (κ2) is 5.74. The molecule has 0 unspecified atom stereocenters. The first-order chi connectivity index (χ1) is 8.77. The summed E-state index contributed by atoms with van der Waals surface area (Å²) in [5.41, 5.74) is 1.19. The number of hydrogen-bond donors (Lipinski definition) is 0. The summed E-state index contributed by atoms with van der Waals surface area (Å²) >= 11 is 0. The summed E-state index contributed by atoms with van der Waals surface area (Å²) < 4.78 is 6.97. The van der Waals surface area contributed by atoms with E-state index in [9.17, 15) is 9.90 Å². The number of imidazole rings is 1. The van der Waals surface area contributed by atoms with Crippen molar-refractivity contribution < 1.29 is 33.5 Å². The van der Waals surface area contributed by atoms with Crippen molar-refractivity contribution in [2.24, 2.45) is 0 Å². The van der Waals surface area contributed by atoms with Crippen LogP contribution in [0.2, 0.25) is 0 Å². The average Bonchev–Trinajstić information content (AvgIpc) is 2.79. The Hall–Kier alpha value is -1.35. The molecule has 1 aliphatic rings. The van der Waals surface area contributed by atoms with Crippen LogP contribution in [0.25, 0.3) is 11.2 Å². The Kier molecular flexibility index (Phi) is 4.25. The maximum absolute atomic E-state index is 11.2. The fourth-order valence-corrected chi connectivity index (χ4v) is 2.36. The third kappa shape index (κ3) is 2.52. The van der Waals surface area contributed by atoms with Gasteiger partial charge in [-0.15, -0.1) is 0 Å². The van der Waals surface area contributed by atoms with Gasteiger partial charge in [0.2, 0.25) is 0 Å². The van der Waals surface area contributed by atoms with Gasteiger partial charge in [-0.2, -0.15) is 0 Å². The van der Waals surface area contributed by atoms with Gasteiger partial charge in [0, 0.05) is 25.5 Å². The molecule has 19 heavy (non-hydrogen) atoms. The van der Waals surface area contributed by atoms with Crippen LogP contribution in [0.4, 0.5) is 0 Å². The fourth-order valence-electron chi connectivity index (χ4n) is 2.36. The van der Waals surface area contributed by atoms with Gasteiger partial charge in [-0.25, -0.2) is 9.97 Å². The number of fused-ring (bicyclic) bond motifs is 1. The molecule has 0 amide bonds. The van der Waals surface area contributed by atoms with Gasteiger partial charge >= 0.3 is 18.9 Å². The van der Waals surface area contributed by atoms with Crippen LogP contribution in [0.5, 0.6) is 0 Å². The van der Waals surface area contributed by atoms with Gasteiger partial charge in [-0.05, 0) is 25.0 Å². The molecule has 1 fully saturated rings. The number of aromatic carboxylic acids is 1. The van der Waals surface area contributed by atoms with Gasteiger partial charge in [-0.1, -0.05) is 0 Å². The number of aromatic nitrogens is 3. The van der Waals surface area contributed by atoms with Crippen molar-refractivity contribution >= 4 is 17.1 Å².